The van der Waals surface area contributed by atoms with Gasteiger partial charge in [0.05, 0.1) is 5.39 Å². The fraction of sp³-hybridized carbons (Fsp3) is 0.120. The van der Waals surface area contributed by atoms with E-state index in [9.17, 15) is 22.8 Å². The van der Waals surface area contributed by atoms with Crippen molar-refractivity contribution >= 4 is 16.8 Å². The van der Waals surface area contributed by atoms with Crippen LogP contribution < -0.4 is 19.6 Å². The molecule has 0 unspecified atom stereocenters. The SMILES string of the molecule is Cc1oc2cc(OCC(=O)c3ccc(OC(F)F)cc3)ccc2c(=O)c1Oc1ccc(F)cc1. The summed E-state index contributed by atoms with van der Waals surface area (Å²) in [5.41, 5.74) is 0.0663. The zero-order valence-electron chi connectivity index (χ0n) is 17.7. The lowest BCUT2D eigenvalue weighted by Gasteiger charge is -2.10. The molecule has 0 saturated heterocycles. The average molecular weight is 470 g/mol. The first-order valence-corrected chi connectivity index (χ1v) is 10.0. The molecule has 0 radical (unpaired) electrons. The monoisotopic (exact) mass is 470 g/mol. The molecule has 0 amide bonds. The number of halogens is 3. The first kappa shape index (κ1) is 22.9. The summed E-state index contributed by atoms with van der Waals surface area (Å²) < 4.78 is 58.6. The van der Waals surface area contributed by atoms with Gasteiger partial charge in [-0.25, -0.2) is 4.39 Å². The molecule has 0 aliphatic carbocycles. The van der Waals surface area contributed by atoms with E-state index in [4.69, 9.17) is 13.9 Å². The lowest BCUT2D eigenvalue weighted by molar-refractivity contribution is -0.0498. The maximum absolute atomic E-state index is 13.1. The number of Topliss-reactive ketones (excluding diaryl/α,β-unsaturated/α-hetero) is 1. The number of alkyl halides is 2. The summed E-state index contributed by atoms with van der Waals surface area (Å²) in [5.74, 6) is -0.127. The molecule has 0 atom stereocenters. The number of benzene rings is 3. The van der Waals surface area contributed by atoms with Crippen LogP contribution in [-0.2, 0) is 0 Å². The van der Waals surface area contributed by atoms with E-state index in [-0.39, 0.29) is 57.7 Å². The van der Waals surface area contributed by atoms with Gasteiger partial charge in [0.15, 0.2) is 12.4 Å². The van der Waals surface area contributed by atoms with Crippen molar-refractivity contribution in [3.05, 3.63) is 94.1 Å². The molecule has 0 fully saturated rings. The smallest absolute Gasteiger partial charge is 0.387 e. The van der Waals surface area contributed by atoms with Crippen LogP contribution in [0.4, 0.5) is 13.2 Å². The Morgan fingerprint density at radius 1 is 0.941 bits per heavy atom. The molecule has 0 bridgehead atoms. The van der Waals surface area contributed by atoms with E-state index in [2.05, 4.69) is 4.74 Å². The molecular formula is C25H17F3O6. The van der Waals surface area contributed by atoms with Gasteiger partial charge in [0.25, 0.3) is 0 Å². The molecule has 0 aliphatic heterocycles. The van der Waals surface area contributed by atoms with Gasteiger partial charge in [-0.3, -0.25) is 9.59 Å². The van der Waals surface area contributed by atoms with Crippen LogP contribution >= 0.6 is 0 Å². The molecule has 1 heterocycles. The summed E-state index contributed by atoms with van der Waals surface area (Å²) >= 11 is 0. The van der Waals surface area contributed by atoms with Crippen LogP contribution in [0.5, 0.6) is 23.0 Å². The maximum Gasteiger partial charge on any atom is 0.387 e. The number of carbonyl (C=O) groups excluding carboxylic acids is 1. The Morgan fingerprint density at radius 3 is 2.26 bits per heavy atom. The first-order valence-electron chi connectivity index (χ1n) is 10.0. The van der Waals surface area contributed by atoms with Gasteiger partial charge in [-0.1, -0.05) is 0 Å². The highest BCUT2D eigenvalue weighted by atomic mass is 19.3. The largest absolute Gasteiger partial charge is 0.485 e. The van der Waals surface area contributed by atoms with Crippen LogP contribution in [0, 0.1) is 12.7 Å². The lowest BCUT2D eigenvalue weighted by atomic mass is 10.1. The van der Waals surface area contributed by atoms with Gasteiger partial charge in [-0.2, -0.15) is 8.78 Å². The van der Waals surface area contributed by atoms with Crippen molar-refractivity contribution < 1.29 is 36.6 Å². The van der Waals surface area contributed by atoms with E-state index in [0.29, 0.717) is 0 Å². The van der Waals surface area contributed by atoms with E-state index in [0.717, 1.165) is 0 Å². The minimum Gasteiger partial charge on any atom is -0.485 e. The van der Waals surface area contributed by atoms with Gasteiger partial charge in [-0.15, -0.1) is 0 Å². The van der Waals surface area contributed by atoms with Gasteiger partial charge in [-0.05, 0) is 67.6 Å². The predicted octanol–water partition coefficient (Wildman–Crippen LogP) is 5.90. The van der Waals surface area contributed by atoms with Crippen molar-refractivity contribution in [3.8, 4) is 23.0 Å². The number of hydrogen-bond acceptors (Lipinski definition) is 6. The Hall–Kier alpha value is -4.27. The molecule has 0 N–H and O–H groups in total. The number of carbonyl (C=O) groups is 1. The van der Waals surface area contributed by atoms with Gasteiger partial charge >= 0.3 is 6.61 Å². The topological polar surface area (TPSA) is 75.0 Å². The molecule has 0 saturated carbocycles. The number of rotatable bonds is 8. The summed E-state index contributed by atoms with van der Waals surface area (Å²) in [4.78, 5) is 25.2. The molecule has 3 aromatic carbocycles. The average Bonchev–Trinajstić information content (AvgIpc) is 2.81. The van der Waals surface area contributed by atoms with E-state index in [1.807, 2.05) is 0 Å². The predicted molar refractivity (Wildman–Crippen MR) is 117 cm³/mol. The zero-order chi connectivity index (χ0) is 24.2. The highest BCUT2D eigenvalue weighted by molar-refractivity contribution is 5.97. The number of fused-ring (bicyclic) bond motifs is 1. The summed E-state index contributed by atoms with van der Waals surface area (Å²) in [5, 5.41) is 0.232. The molecule has 6 nitrogen and oxygen atoms in total. The fourth-order valence-corrected chi connectivity index (χ4v) is 3.15. The van der Waals surface area contributed by atoms with Crippen LogP contribution in [0.25, 0.3) is 11.0 Å². The van der Waals surface area contributed by atoms with Crippen molar-refractivity contribution in [3.63, 3.8) is 0 Å². The zero-order valence-corrected chi connectivity index (χ0v) is 17.7. The third-order valence-corrected chi connectivity index (χ3v) is 4.79. The van der Waals surface area contributed by atoms with Crippen LogP contribution in [0.3, 0.4) is 0 Å². The fourth-order valence-electron chi connectivity index (χ4n) is 3.15. The molecular weight excluding hydrogens is 453 g/mol. The van der Waals surface area contributed by atoms with Crippen molar-refractivity contribution in [1.29, 1.82) is 0 Å². The molecule has 1 aromatic heterocycles. The number of hydrogen-bond donors (Lipinski definition) is 0. The van der Waals surface area contributed by atoms with Gasteiger partial charge in [0.1, 0.15) is 34.4 Å². The Bertz CT molecular complexity index is 1380. The van der Waals surface area contributed by atoms with E-state index < -0.39 is 17.9 Å². The lowest BCUT2D eigenvalue weighted by Crippen LogP contribution is -2.12. The number of ether oxygens (including phenoxy) is 3. The second kappa shape index (κ2) is 9.70. The normalized spacial score (nSPS) is 11.0. The van der Waals surface area contributed by atoms with Crippen LogP contribution in [0.2, 0.25) is 0 Å². The first-order chi connectivity index (χ1) is 16.3. The summed E-state index contributed by atoms with van der Waals surface area (Å²) in [6.45, 7) is -1.72. The maximum atomic E-state index is 13.1. The Labute approximate surface area is 191 Å². The quantitative estimate of drug-likeness (QED) is 0.299. The molecule has 4 aromatic rings. The minimum atomic E-state index is -2.95. The number of ketones is 1. The molecule has 174 valence electrons. The second-order valence-corrected chi connectivity index (χ2v) is 7.15. The molecule has 0 spiro atoms. The highest BCUT2D eigenvalue weighted by Crippen LogP contribution is 2.27. The Balaban J connectivity index is 1.48. The summed E-state index contributed by atoms with van der Waals surface area (Å²) in [6, 6.07) is 14.9. The third-order valence-electron chi connectivity index (χ3n) is 4.79. The summed E-state index contributed by atoms with van der Waals surface area (Å²) in [7, 11) is 0. The van der Waals surface area contributed by atoms with Crippen molar-refractivity contribution in [2.75, 3.05) is 6.61 Å². The third kappa shape index (κ3) is 5.20. The van der Waals surface area contributed by atoms with Crippen LogP contribution in [0.15, 0.2) is 75.9 Å². The number of aryl methyl sites for hydroxylation is 1. The van der Waals surface area contributed by atoms with Crippen molar-refractivity contribution in [2.45, 2.75) is 13.5 Å². The standard InChI is InChI=1S/C25H17F3O6/c1-14-24(33-17-8-4-16(26)5-9-17)23(30)20-11-10-19(12-22(20)32-14)31-13-21(29)15-2-6-18(7-3-15)34-25(27)28/h2-12,25H,13H2,1H3. The molecule has 34 heavy (non-hydrogen) atoms. The van der Waals surface area contributed by atoms with Crippen molar-refractivity contribution in [1.82, 2.24) is 0 Å². The van der Waals surface area contributed by atoms with Gasteiger partial charge in [0.2, 0.25) is 11.2 Å². The van der Waals surface area contributed by atoms with Crippen molar-refractivity contribution in [2.24, 2.45) is 0 Å². The Kier molecular flexibility index (Phi) is 6.53. The van der Waals surface area contributed by atoms with Crippen LogP contribution in [-0.4, -0.2) is 19.0 Å². The van der Waals surface area contributed by atoms with Crippen LogP contribution in [0.1, 0.15) is 16.1 Å². The second-order valence-electron chi connectivity index (χ2n) is 7.15. The van der Waals surface area contributed by atoms with E-state index in [1.54, 1.807) is 6.92 Å². The van der Waals surface area contributed by atoms with Gasteiger partial charge in [0, 0.05) is 11.6 Å². The minimum absolute atomic E-state index is 0.0257. The molecule has 4 rings (SSSR count). The highest BCUT2D eigenvalue weighted by Gasteiger charge is 2.15. The molecule has 0 aliphatic rings. The molecule has 9 heteroatoms. The van der Waals surface area contributed by atoms with Gasteiger partial charge < -0.3 is 18.6 Å². The Morgan fingerprint density at radius 2 is 1.59 bits per heavy atom. The summed E-state index contributed by atoms with van der Waals surface area (Å²) in [6.07, 6.45) is 0. The van der Waals surface area contributed by atoms with E-state index >= 15 is 0 Å². The van der Waals surface area contributed by atoms with E-state index in [1.165, 1.54) is 66.7 Å².